The molecule has 0 aliphatic heterocycles. The Bertz CT molecular complexity index is 496. The number of rotatable bonds is 8. The summed E-state index contributed by atoms with van der Waals surface area (Å²) in [5, 5.41) is 11.6. The van der Waals surface area contributed by atoms with Crippen LogP contribution in [0.25, 0.3) is 0 Å². The Balaban J connectivity index is 2.48. The van der Waals surface area contributed by atoms with Gasteiger partial charge in [0.15, 0.2) is 5.60 Å². The fraction of sp³-hybridized carbons (Fsp3) is 0.500. The molecule has 0 fully saturated rings. The number of nitrogens with one attached hydrogen (secondary N) is 1. The van der Waals surface area contributed by atoms with Crippen molar-refractivity contribution in [1.82, 2.24) is 0 Å². The van der Waals surface area contributed by atoms with Gasteiger partial charge in [0.2, 0.25) is 0 Å². The topological polar surface area (TPSA) is 84.9 Å². The van der Waals surface area contributed by atoms with Gasteiger partial charge in [-0.15, -0.1) is 0 Å². The number of carboxylic acid groups (broad SMARTS) is 1. The highest BCUT2D eigenvalue weighted by Gasteiger charge is 2.29. The maximum Gasteiger partial charge on any atom is 0.411 e. The van der Waals surface area contributed by atoms with Crippen LogP contribution in [-0.2, 0) is 9.53 Å². The zero-order chi connectivity index (χ0) is 16.6. The third-order valence-corrected chi connectivity index (χ3v) is 2.97. The monoisotopic (exact) mass is 309 g/mol. The number of ether oxygens (including phenoxy) is 2. The number of carbonyl (C=O) groups is 2. The van der Waals surface area contributed by atoms with E-state index < -0.39 is 17.7 Å². The molecular weight excluding hydrogens is 286 g/mol. The zero-order valence-electron chi connectivity index (χ0n) is 13.2. The second-order valence-electron chi connectivity index (χ2n) is 5.41. The lowest BCUT2D eigenvalue weighted by Gasteiger charge is -2.21. The van der Waals surface area contributed by atoms with Crippen LogP contribution in [-0.4, -0.2) is 29.4 Å². The molecule has 0 unspecified atom stereocenters. The van der Waals surface area contributed by atoms with Crippen molar-refractivity contribution < 1.29 is 24.2 Å². The lowest BCUT2D eigenvalue weighted by Crippen LogP contribution is -2.37. The van der Waals surface area contributed by atoms with Crippen LogP contribution in [0.15, 0.2) is 24.3 Å². The van der Waals surface area contributed by atoms with E-state index in [1.165, 1.54) is 13.8 Å². The van der Waals surface area contributed by atoms with Crippen molar-refractivity contribution in [2.45, 2.75) is 45.6 Å². The molecule has 22 heavy (non-hydrogen) atoms. The molecular formula is C16H23NO5. The first-order valence-electron chi connectivity index (χ1n) is 7.31. The van der Waals surface area contributed by atoms with E-state index in [2.05, 4.69) is 12.2 Å². The molecule has 122 valence electrons. The summed E-state index contributed by atoms with van der Waals surface area (Å²) in [5.74, 6) is -0.639. The van der Waals surface area contributed by atoms with E-state index in [1.54, 1.807) is 24.3 Å². The number of carboxylic acids is 1. The summed E-state index contributed by atoms with van der Waals surface area (Å²) in [6.45, 7) is 5.41. The van der Waals surface area contributed by atoms with E-state index in [1.807, 2.05) is 0 Å². The first-order chi connectivity index (χ1) is 10.3. The van der Waals surface area contributed by atoms with Crippen LogP contribution < -0.4 is 10.1 Å². The normalized spacial score (nSPS) is 10.9. The molecule has 1 amide bonds. The van der Waals surface area contributed by atoms with Crippen LogP contribution in [0.5, 0.6) is 5.75 Å². The van der Waals surface area contributed by atoms with Gasteiger partial charge in [-0.05, 0) is 44.5 Å². The van der Waals surface area contributed by atoms with Gasteiger partial charge in [0.1, 0.15) is 5.75 Å². The maximum atomic E-state index is 11.5. The zero-order valence-corrected chi connectivity index (χ0v) is 13.2. The van der Waals surface area contributed by atoms with Gasteiger partial charge < -0.3 is 14.6 Å². The van der Waals surface area contributed by atoms with Crippen LogP contribution >= 0.6 is 0 Å². The van der Waals surface area contributed by atoms with Crippen molar-refractivity contribution in [1.29, 1.82) is 0 Å². The lowest BCUT2D eigenvalue weighted by molar-refractivity contribution is -0.152. The molecule has 0 aromatic heterocycles. The number of carbonyl (C=O) groups excluding carboxylic acids is 1. The Morgan fingerprint density at radius 3 is 2.36 bits per heavy atom. The molecule has 0 saturated heterocycles. The minimum atomic E-state index is -1.31. The molecule has 0 aliphatic carbocycles. The average molecular weight is 309 g/mol. The van der Waals surface area contributed by atoms with Gasteiger partial charge in [-0.1, -0.05) is 19.8 Å². The Morgan fingerprint density at radius 2 is 1.82 bits per heavy atom. The summed E-state index contributed by atoms with van der Waals surface area (Å²) in [4.78, 5) is 22.5. The Labute approximate surface area is 130 Å². The van der Waals surface area contributed by atoms with Crippen molar-refractivity contribution in [3.63, 3.8) is 0 Å². The molecule has 1 rings (SSSR count). The largest absolute Gasteiger partial charge is 0.478 e. The number of amides is 1. The number of hydrogen-bond donors (Lipinski definition) is 2. The molecule has 6 nitrogen and oxygen atoms in total. The smallest absolute Gasteiger partial charge is 0.411 e. The van der Waals surface area contributed by atoms with E-state index in [9.17, 15) is 9.59 Å². The van der Waals surface area contributed by atoms with E-state index in [0.29, 0.717) is 18.0 Å². The van der Waals surface area contributed by atoms with E-state index in [4.69, 9.17) is 14.6 Å². The number of unbranched alkanes of at least 4 members (excludes halogenated alkanes) is 2. The molecule has 0 radical (unpaired) electrons. The van der Waals surface area contributed by atoms with Gasteiger partial charge in [-0.3, -0.25) is 5.32 Å². The number of benzene rings is 1. The second-order valence-corrected chi connectivity index (χ2v) is 5.41. The minimum absolute atomic E-state index is 0.396. The van der Waals surface area contributed by atoms with Crippen molar-refractivity contribution in [3.8, 4) is 5.75 Å². The van der Waals surface area contributed by atoms with Gasteiger partial charge in [0.05, 0.1) is 6.61 Å². The quantitative estimate of drug-likeness (QED) is 0.716. The summed E-state index contributed by atoms with van der Waals surface area (Å²) in [5.41, 5.74) is -0.756. The first kappa shape index (κ1) is 17.8. The van der Waals surface area contributed by atoms with Gasteiger partial charge in [0, 0.05) is 5.69 Å². The second kappa shape index (κ2) is 8.26. The Hall–Kier alpha value is -2.24. The predicted octanol–water partition coefficient (Wildman–Crippen LogP) is 3.67. The summed E-state index contributed by atoms with van der Waals surface area (Å²) in [6.07, 6.45) is 2.44. The summed E-state index contributed by atoms with van der Waals surface area (Å²) in [6, 6.07) is 6.44. The highest BCUT2D eigenvalue weighted by molar-refractivity contribution is 5.84. The van der Waals surface area contributed by atoms with Crippen LogP contribution in [0.2, 0.25) is 0 Å². The summed E-state index contributed by atoms with van der Waals surface area (Å²) in [7, 11) is 0. The molecule has 0 atom stereocenters. The first-order valence-corrected chi connectivity index (χ1v) is 7.31. The van der Waals surface area contributed by atoms with Crippen molar-refractivity contribution in [2.24, 2.45) is 0 Å². The molecule has 0 aliphatic rings. The van der Waals surface area contributed by atoms with E-state index in [-0.39, 0.29) is 0 Å². The summed E-state index contributed by atoms with van der Waals surface area (Å²) < 4.78 is 10.4. The summed E-state index contributed by atoms with van der Waals surface area (Å²) >= 11 is 0. The van der Waals surface area contributed by atoms with Gasteiger partial charge in [-0.25, -0.2) is 9.59 Å². The molecule has 6 heteroatoms. The Morgan fingerprint density at radius 1 is 1.18 bits per heavy atom. The van der Waals surface area contributed by atoms with Gasteiger partial charge in [0.25, 0.3) is 0 Å². The maximum absolute atomic E-state index is 11.5. The predicted molar refractivity (Wildman–Crippen MR) is 83.3 cm³/mol. The highest BCUT2D eigenvalue weighted by atomic mass is 16.5. The third kappa shape index (κ3) is 6.03. The molecule has 0 heterocycles. The van der Waals surface area contributed by atoms with Crippen LogP contribution in [0, 0.1) is 0 Å². The fourth-order valence-corrected chi connectivity index (χ4v) is 1.62. The standard InChI is InChI=1S/C16H23NO5/c1-4-5-6-11-21-15(20)17-12-7-9-13(10-8-12)22-16(2,3)14(18)19/h7-10H,4-6,11H2,1-3H3,(H,17,20)(H,18,19). The van der Waals surface area contributed by atoms with Crippen molar-refractivity contribution in [3.05, 3.63) is 24.3 Å². The molecule has 1 aromatic rings. The lowest BCUT2D eigenvalue weighted by atomic mass is 10.1. The Kier molecular flexibility index (Phi) is 6.69. The minimum Gasteiger partial charge on any atom is -0.478 e. The van der Waals surface area contributed by atoms with Crippen molar-refractivity contribution >= 4 is 17.7 Å². The van der Waals surface area contributed by atoms with Crippen LogP contribution in [0.4, 0.5) is 10.5 Å². The van der Waals surface area contributed by atoms with E-state index in [0.717, 1.165) is 19.3 Å². The molecule has 0 spiro atoms. The number of anilines is 1. The fourth-order valence-electron chi connectivity index (χ4n) is 1.62. The van der Waals surface area contributed by atoms with Crippen LogP contribution in [0.3, 0.4) is 0 Å². The molecule has 0 bridgehead atoms. The van der Waals surface area contributed by atoms with Crippen LogP contribution in [0.1, 0.15) is 40.0 Å². The molecule has 2 N–H and O–H groups in total. The SMILES string of the molecule is CCCCCOC(=O)Nc1ccc(OC(C)(C)C(=O)O)cc1. The number of aliphatic carboxylic acids is 1. The van der Waals surface area contributed by atoms with Crippen molar-refractivity contribution in [2.75, 3.05) is 11.9 Å². The highest BCUT2D eigenvalue weighted by Crippen LogP contribution is 2.21. The van der Waals surface area contributed by atoms with Gasteiger partial charge >= 0.3 is 12.1 Å². The van der Waals surface area contributed by atoms with E-state index >= 15 is 0 Å². The average Bonchev–Trinajstić information content (AvgIpc) is 2.45. The third-order valence-electron chi connectivity index (χ3n) is 2.97. The molecule has 1 aromatic carbocycles. The van der Waals surface area contributed by atoms with Gasteiger partial charge in [-0.2, -0.15) is 0 Å². The number of hydrogen-bond acceptors (Lipinski definition) is 4. The molecule has 0 saturated carbocycles.